The number of piperidine rings is 1. The highest BCUT2D eigenvalue weighted by atomic mass is 16.5. The van der Waals surface area contributed by atoms with E-state index in [1.54, 1.807) is 0 Å². The number of rotatable bonds is 4. The van der Waals surface area contributed by atoms with Crippen LogP contribution in [0.1, 0.15) is 25.7 Å². The fourth-order valence-corrected chi connectivity index (χ4v) is 3.92. The summed E-state index contributed by atoms with van der Waals surface area (Å²) in [6.07, 6.45) is 4.47. The Bertz CT molecular complexity index is 649. The minimum atomic E-state index is -0.188. The number of nitrogens with zero attached hydrogens (tertiary/aromatic N) is 2. The van der Waals surface area contributed by atoms with Gasteiger partial charge in [-0.15, -0.1) is 0 Å². The Hall–Kier alpha value is -2.08. The van der Waals surface area contributed by atoms with Crippen LogP contribution in [0.2, 0.25) is 0 Å². The Labute approximate surface area is 154 Å². The number of hydrogen-bond donors (Lipinski definition) is 1. The van der Waals surface area contributed by atoms with Gasteiger partial charge >= 0.3 is 0 Å². The summed E-state index contributed by atoms with van der Waals surface area (Å²) in [7, 11) is 0. The molecule has 4 rings (SSSR count). The van der Waals surface area contributed by atoms with E-state index in [2.05, 4.69) is 22.3 Å². The predicted octanol–water partition coefficient (Wildman–Crippen LogP) is 2.11. The summed E-state index contributed by atoms with van der Waals surface area (Å²) < 4.78 is 5.28. The van der Waals surface area contributed by atoms with Gasteiger partial charge < -0.3 is 19.9 Å². The largest absolute Gasteiger partial charge is 0.378 e. The van der Waals surface area contributed by atoms with Gasteiger partial charge in [0, 0.05) is 37.6 Å². The summed E-state index contributed by atoms with van der Waals surface area (Å²) in [4.78, 5) is 29.1. The Morgan fingerprint density at radius 2 is 1.62 bits per heavy atom. The van der Waals surface area contributed by atoms with Gasteiger partial charge in [0.25, 0.3) is 0 Å². The van der Waals surface area contributed by atoms with Crippen molar-refractivity contribution in [2.75, 3.05) is 49.6 Å². The molecule has 2 heterocycles. The predicted molar refractivity (Wildman–Crippen MR) is 100 cm³/mol. The van der Waals surface area contributed by atoms with Gasteiger partial charge in [0.2, 0.25) is 11.8 Å². The lowest BCUT2D eigenvalue weighted by molar-refractivity contribution is -0.137. The molecular weight excluding hydrogens is 330 g/mol. The molecule has 0 aromatic heterocycles. The molecule has 1 aliphatic carbocycles. The van der Waals surface area contributed by atoms with Crippen LogP contribution in [0.3, 0.4) is 0 Å². The lowest BCUT2D eigenvalue weighted by atomic mass is 10.1. The van der Waals surface area contributed by atoms with Crippen molar-refractivity contribution < 1.29 is 14.3 Å². The van der Waals surface area contributed by atoms with Crippen LogP contribution in [0.5, 0.6) is 0 Å². The van der Waals surface area contributed by atoms with Crippen LogP contribution in [-0.2, 0) is 14.3 Å². The fourth-order valence-electron chi connectivity index (χ4n) is 3.92. The van der Waals surface area contributed by atoms with Crippen molar-refractivity contribution in [3.8, 4) is 0 Å². The Balaban J connectivity index is 1.29. The van der Waals surface area contributed by atoms with Gasteiger partial charge in [-0.1, -0.05) is 0 Å². The maximum Gasteiger partial charge on any atom is 0.228 e. The first-order valence-electron chi connectivity index (χ1n) is 9.75. The third-order valence-corrected chi connectivity index (χ3v) is 5.62. The standard InChI is InChI=1S/C20H27N3O3/c24-19(17-14-18(17)20(25)23-10-12-26-13-11-23)21-15-4-6-16(7-5-15)22-8-2-1-3-9-22/h4-7,17-18H,1-3,8-14H2,(H,21,24). The van der Waals surface area contributed by atoms with E-state index in [1.165, 1.54) is 24.9 Å². The van der Waals surface area contributed by atoms with Gasteiger partial charge in [-0.3, -0.25) is 9.59 Å². The van der Waals surface area contributed by atoms with Gasteiger partial charge in [-0.2, -0.15) is 0 Å². The molecule has 1 aromatic carbocycles. The van der Waals surface area contributed by atoms with Gasteiger partial charge in [0.15, 0.2) is 0 Å². The third kappa shape index (κ3) is 3.85. The first-order valence-corrected chi connectivity index (χ1v) is 9.75. The summed E-state index contributed by atoms with van der Waals surface area (Å²) in [5.41, 5.74) is 2.02. The highest BCUT2D eigenvalue weighted by molar-refractivity contribution is 5.99. The van der Waals surface area contributed by atoms with Crippen molar-refractivity contribution >= 4 is 23.2 Å². The third-order valence-electron chi connectivity index (χ3n) is 5.62. The van der Waals surface area contributed by atoms with Crippen molar-refractivity contribution in [2.45, 2.75) is 25.7 Å². The number of hydrogen-bond acceptors (Lipinski definition) is 4. The number of amides is 2. The van der Waals surface area contributed by atoms with Crippen molar-refractivity contribution in [1.29, 1.82) is 0 Å². The average molecular weight is 357 g/mol. The molecule has 2 saturated heterocycles. The number of anilines is 2. The quantitative estimate of drug-likeness (QED) is 0.897. The van der Waals surface area contributed by atoms with Crippen LogP contribution in [0, 0.1) is 11.8 Å². The van der Waals surface area contributed by atoms with Crippen LogP contribution in [0.25, 0.3) is 0 Å². The normalized spacial score (nSPS) is 25.7. The van der Waals surface area contributed by atoms with Crippen LogP contribution in [0.4, 0.5) is 11.4 Å². The second-order valence-corrected chi connectivity index (χ2v) is 7.47. The second-order valence-electron chi connectivity index (χ2n) is 7.47. The minimum absolute atomic E-state index is 0.0395. The summed E-state index contributed by atoms with van der Waals surface area (Å²) in [6.45, 7) is 4.69. The molecule has 1 saturated carbocycles. The number of carbonyl (C=O) groups excluding carboxylic acids is 2. The highest BCUT2D eigenvalue weighted by Crippen LogP contribution is 2.41. The number of benzene rings is 1. The van der Waals surface area contributed by atoms with Gasteiger partial charge in [0.05, 0.1) is 25.0 Å². The fraction of sp³-hybridized carbons (Fsp3) is 0.600. The van der Waals surface area contributed by atoms with Crippen molar-refractivity contribution in [3.05, 3.63) is 24.3 Å². The molecule has 0 bridgehead atoms. The molecule has 3 fully saturated rings. The summed E-state index contributed by atoms with van der Waals surface area (Å²) in [5, 5.41) is 2.97. The minimum Gasteiger partial charge on any atom is -0.378 e. The van der Waals surface area contributed by atoms with Gasteiger partial charge in [0.1, 0.15) is 0 Å². The number of carbonyl (C=O) groups is 2. The summed E-state index contributed by atoms with van der Waals surface area (Å²) in [5.74, 6) is -0.274. The van der Waals surface area contributed by atoms with Crippen molar-refractivity contribution in [1.82, 2.24) is 4.90 Å². The molecule has 2 aliphatic heterocycles. The molecule has 140 valence electrons. The maximum absolute atomic E-state index is 12.4. The zero-order valence-electron chi connectivity index (χ0n) is 15.2. The van der Waals surface area contributed by atoms with Crippen LogP contribution in [0.15, 0.2) is 24.3 Å². The molecule has 26 heavy (non-hydrogen) atoms. The molecule has 3 aliphatic rings. The summed E-state index contributed by atoms with van der Waals surface area (Å²) in [6, 6.07) is 8.07. The van der Waals surface area contributed by atoms with E-state index in [9.17, 15) is 9.59 Å². The molecule has 2 atom stereocenters. The molecule has 2 amide bonds. The van der Waals surface area contributed by atoms with E-state index in [0.717, 1.165) is 18.8 Å². The first kappa shape index (κ1) is 17.3. The van der Waals surface area contributed by atoms with Crippen LogP contribution >= 0.6 is 0 Å². The monoisotopic (exact) mass is 357 g/mol. The Morgan fingerprint density at radius 1 is 0.923 bits per heavy atom. The molecule has 1 N–H and O–H groups in total. The SMILES string of the molecule is O=C(Nc1ccc(N2CCCCC2)cc1)C1CC1C(=O)N1CCOCC1. The van der Waals surface area contributed by atoms with Crippen molar-refractivity contribution in [2.24, 2.45) is 11.8 Å². The zero-order valence-corrected chi connectivity index (χ0v) is 15.2. The Morgan fingerprint density at radius 3 is 2.31 bits per heavy atom. The highest BCUT2D eigenvalue weighted by Gasteiger charge is 2.49. The molecule has 1 aromatic rings. The molecular formula is C20H27N3O3. The molecule has 2 unspecified atom stereocenters. The molecule has 0 radical (unpaired) electrons. The van der Waals surface area contributed by atoms with Crippen LogP contribution < -0.4 is 10.2 Å². The van der Waals surface area contributed by atoms with Gasteiger partial charge in [-0.05, 0) is 49.9 Å². The number of nitrogens with one attached hydrogen (secondary N) is 1. The number of morpholine rings is 1. The van der Waals surface area contributed by atoms with E-state index in [4.69, 9.17) is 4.74 Å². The van der Waals surface area contributed by atoms with E-state index < -0.39 is 0 Å². The van der Waals surface area contributed by atoms with E-state index in [1.807, 2.05) is 17.0 Å². The molecule has 6 heteroatoms. The summed E-state index contributed by atoms with van der Waals surface area (Å²) >= 11 is 0. The maximum atomic E-state index is 12.4. The Kier molecular flexibility index (Phi) is 5.11. The smallest absolute Gasteiger partial charge is 0.228 e. The lowest BCUT2D eigenvalue weighted by Gasteiger charge is -2.28. The lowest BCUT2D eigenvalue weighted by Crippen LogP contribution is -2.42. The van der Waals surface area contributed by atoms with E-state index in [-0.39, 0.29) is 23.7 Å². The van der Waals surface area contributed by atoms with Crippen molar-refractivity contribution in [3.63, 3.8) is 0 Å². The molecule has 6 nitrogen and oxygen atoms in total. The first-order chi connectivity index (χ1) is 12.7. The second kappa shape index (κ2) is 7.66. The van der Waals surface area contributed by atoms with E-state index >= 15 is 0 Å². The number of ether oxygens (including phenoxy) is 1. The topological polar surface area (TPSA) is 61.9 Å². The van der Waals surface area contributed by atoms with E-state index in [0.29, 0.717) is 32.7 Å². The van der Waals surface area contributed by atoms with Crippen LogP contribution in [-0.4, -0.2) is 56.1 Å². The average Bonchev–Trinajstić information content (AvgIpc) is 3.50. The zero-order chi connectivity index (χ0) is 17.9. The molecule has 0 spiro atoms. The van der Waals surface area contributed by atoms with Gasteiger partial charge in [-0.25, -0.2) is 0 Å².